The summed E-state index contributed by atoms with van der Waals surface area (Å²) in [5.41, 5.74) is 0.490. The van der Waals surface area contributed by atoms with Crippen LogP contribution in [0.1, 0.15) is 0 Å². The number of aromatic nitrogens is 2. The Morgan fingerprint density at radius 1 is 1.53 bits per heavy atom. The SMILES string of the molecule is C=CCNc1cnn(CC=C)c(=O)c1Br. The van der Waals surface area contributed by atoms with Crippen molar-refractivity contribution >= 4 is 21.6 Å². The average Bonchev–Trinajstić information content (AvgIpc) is 2.24. The highest BCUT2D eigenvalue weighted by Gasteiger charge is 2.06. The van der Waals surface area contributed by atoms with E-state index in [9.17, 15) is 4.79 Å². The molecule has 0 aromatic carbocycles. The molecule has 0 aliphatic rings. The molecule has 0 atom stereocenters. The van der Waals surface area contributed by atoms with E-state index in [-0.39, 0.29) is 5.56 Å². The summed E-state index contributed by atoms with van der Waals surface area (Å²) in [6.07, 6.45) is 4.93. The molecule has 1 aromatic rings. The van der Waals surface area contributed by atoms with Crippen molar-refractivity contribution in [3.8, 4) is 0 Å². The van der Waals surface area contributed by atoms with Crippen LogP contribution in [0.4, 0.5) is 5.69 Å². The largest absolute Gasteiger partial charge is 0.379 e. The second-order valence-corrected chi connectivity index (χ2v) is 3.61. The molecule has 15 heavy (non-hydrogen) atoms. The van der Waals surface area contributed by atoms with Gasteiger partial charge in [0, 0.05) is 6.54 Å². The van der Waals surface area contributed by atoms with Crippen molar-refractivity contribution in [2.75, 3.05) is 11.9 Å². The first-order valence-corrected chi connectivity index (χ1v) is 5.21. The van der Waals surface area contributed by atoms with E-state index in [1.54, 1.807) is 18.3 Å². The van der Waals surface area contributed by atoms with Gasteiger partial charge in [-0.25, -0.2) is 4.68 Å². The molecular formula is C10H12BrN3O. The van der Waals surface area contributed by atoms with E-state index >= 15 is 0 Å². The second-order valence-electron chi connectivity index (χ2n) is 2.82. The van der Waals surface area contributed by atoms with E-state index < -0.39 is 0 Å². The lowest BCUT2D eigenvalue weighted by molar-refractivity contribution is 0.649. The zero-order chi connectivity index (χ0) is 11.3. The van der Waals surface area contributed by atoms with Crippen LogP contribution >= 0.6 is 15.9 Å². The fourth-order valence-corrected chi connectivity index (χ4v) is 1.47. The Morgan fingerprint density at radius 3 is 2.87 bits per heavy atom. The summed E-state index contributed by atoms with van der Waals surface area (Å²) in [4.78, 5) is 11.7. The first kappa shape index (κ1) is 11.7. The minimum absolute atomic E-state index is 0.177. The topological polar surface area (TPSA) is 46.9 Å². The molecule has 1 aromatic heterocycles. The number of anilines is 1. The third-order valence-corrected chi connectivity index (χ3v) is 2.49. The highest BCUT2D eigenvalue weighted by molar-refractivity contribution is 9.10. The molecule has 0 fully saturated rings. The number of nitrogens with zero attached hydrogens (tertiary/aromatic N) is 2. The molecule has 0 radical (unpaired) electrons. The predicted molar refractivity (Wildman–Crippen MR) is 65.1 cm³/mol. The van der Waals surface area contributed by atoms with Crippen LogP contribution in [0.3, 0.4) is 0 Å². The Hall–Kier alpha value is -1.36. The number of halogens is 1. The van der Waals surface area contributed by atoms with Gasteiger partial charge in [0.2, 0.25) is 0 Å². The quantitative estimate of drug-likeness (QED) is 0.830. The smallest absolute Gasteiger partial charge is 0.283 e. The highest BCUT2D eigenvalue weighted by atomic mass is 79.9. The van der Waals surface area contributed by atoms with Gasteiger partial charge in [-0.2, -0.15) is 5.10 Å². The van der Waals surface area contributed by atoms with Crippen LogP contribution in [0, 0.1) is 0 Å². The van der Waals surface area contributed by atoms with Crippen molar-refractivity contribution in [3.05, 3.63) is 46.3 Å². The van der Waals surface area contributed by atoms with E-state index in [1.165, 1.54) is 4.68 Å². The molecule has 0 spiro atoms. The van der Waals surface area contributed by atoms with E-state index in [2.05, 4.69) is 39.5 Å². The van der Waals surface area contributed by atoms with Gasteiger partial charge in [-0.05, 0) is 15.9 Å². The molecule has 1 N–H and O–H groups in total. The Balaban J connectivity index is 3.03. The molecule has 0 aliphatic carbocycles. The Bertz CT molecular complexity index is 425. The molecular weight excluding hydrogens is 258 g/mol. The molecule has 80 valence electrons. The monoisotopic (exact) mass is 269 g/mol. The molecule has 0 bridgehead atoms. The lowest BCUT2D eigenvalue weighted by atomic mass is 10.4. The lowest BCUT2D eigenvalue weighted by Crippen LogP contribution is -2.23. The Kier molecular flexibility index (Phi) is 4.30. The van der Waals surface area contributed by atoms with E-state index in [4.69, 9.17) is 0 Å². The van der Waals surface area contributed by atoms with Crippen molar-refractivity contribution in [2.24, 2.45) is 0 Å². The highest BCUT2D eigenvalue weighted by Crippen LogP contribution is 2.15. The van der Waals surface area contributed by atoms with Crippen molar-refractivity contribution in [2.45, 2.75) is 6.54 Å². The van der Waals surface area contributed by atoms with Crippen LogP contribution in [0.5, 0.6) is 0 Å². The minimum Gasteiger partial charge on any atom is -0.379 e. The van der Waals surface area contributed by atoms with Gasteiger partial charge in [-0.3, -0.25) is 4.79 Å². The summed E-state index contributed by atoms with van der Waals surface area (Å²) in [6.45, 7) is 8.13. The predicted octanol–water partition coefficient (Wildman–Crippen LogP) is 1.79. The summed E-state index contributed by atoms with van der Waals surface area (Å²) in [6, 6.07) is 0. The Morgan fingerprint density at radius 2 is 2.27 bits per heavy atom. The summed E-state index contributed by atoms with van der Waals surface area (Å²) in [5, 5.41) is 6.99. The van der Waals surface area contributed by atoms with E-state index in [0.717, 1.165) is 0 Å². The molecule has 1 heterocycles. The molecule has 0 aliphatic heterocycles. The fourth-order valence-electron chi connectivity index (χ4n) is 1.02. The zero-order valence-corrected chi connectivity index (χ0v) is 9.83. The number of hydrogen-bond acceptors (Lipinski definition) is 3. The van der Waals surface area contributed by atoms with E-state index in [0.29, 0.717) is 23.2 Å². The van der Waals surface area contributed by atoms with Crippen LogP contribution in [0.2, 0.25) is 0 Å². The number of hydrogen-bond donors (Lipinski definition) is 1. The lowest BCUT2D eigenvalue weighted by Gasteiger charge is -2.07. The molecule has 5 heteroatoms. The summed E-state index contributed by atoms with van der Waals surface area (Å²) in [7, 11) is 0. The molecule has 0 amide bonds. The van der Waals surface area contributed by atoms with Crippen molar-refractivity contribution in [3.63, 3.8) is 0 Å². The van der Waals surface area contributed by atoms with Gasteiger partial charge in [0.15, 0.2) is 0 Å². The van der Waals surface area contributed by atoms with Crippen LogP contribution in [-0.4, -0.2) is 16.3 Å². The van der Waals surface area contributed by atoms with Crippen molar-refractivity contribution in [1.29, 1.82) is 0 Å². The summed E-state index contributed by atoms with van der Waals surface area (Å²) in [5.74, 6) is 0. The number of rotatable bonds is 5. The van der Waals surface area contributed by atoms with Gasteiger partial charge in [0.05, 0.1) is 18.4 Å². The third-order valence-electron chi connectivity index (χ3n) is 1.72. The molecule has 0 saturated heterocycles. The van der Waals surface area contributed by atoms with Crippen molar-refractivity contribution in [1.82, 2.24) is 9.78 Å². The minimum atomic E-state index is -0.177. The average molecular weight is 270 g/mol. The third kappa shape index (κ3) is 2.79. The van der Waals surface area contributed by atoms with Gasteiger partial charge in [0.25, 0.3) is 5.56 Å². The molecule has 4 nitrogen and oxygen atoms in total. The van der Waals surface area contributed by atoms with E-state index in [1.807, 2.05) is 0 Å². The maximum Gasteiger partial charge on any atom is 0.283 e. The molecule has 1 rings (SSSR count). The summed E-state index contributed by atoms with van der Waals surface area (Å²) >= 11 is 3.23. The van der Waals surface area contributed by atoms with Crippen LogP contribution in [-0.2, 0) is 6.54 Å². The van der Waals surface area contributed by atoms with Crippen molar-refractivity contribution < 1.29 is 0 Å². The first-order valence-electron chi connectivity index (χ1n) is 4.42. The number of nitrogens with one attached hydrogen (secondary N) is 1. The van der Waals surface area contributed by atoms with Crippen LogP contribution < -0.4 is 10.9 Å². The van der Waals surface area contributed by atoms with Crippen LogP contribution in [0.25, 0.3) is 0 Å². The standard InChI is InChI=1S/C10H12BrN3O/c1-3-5-12-8-7-13-14(6-4-2)10(15)9(8)11/h3-4,7,12H,1-2,5-6H2. The second kappa shape index (κ2) is 5.50. The molecule has 0 saturated carbocycles. The van der Waals surface area contributed by atoms with Gasteiger partial charge >= 0.3 is 0 Å². The Labute approximate surface area is 96.4 Å². The number of allylic oxidation sites excluding steroid dienone is 1. The maximum absolute atomic E-state index is 11.7. The molecule has 0 unspecified atom stereocenters. The zero-order valence-electron chi connectivity index (χ0n) is 8.24. The van der Waals surface area contributed by atoms with Gasteiger partial charge in [-0.15, -0.1) is 13.2 Å². The van der Waals surface area contributed by atoms with Gasteiger partial charge in [-0.1, -0.05) is 12.2 Å². The maximum atomic E-state index is 11.7. The fraction of sp³-hybridized carbons (Fsp3) is 0.200. The summed E-state index contributed by atoms with van der Waals surface area (Å²) < 4.78 is 1.80. The normalized spacial score (nSPS) is 9.67. The van der Waals surface area contributed by atoms with Gasteiger partial charge in [0.1, 0.15) is 4.47 Å². The van der Waals surface area contributed by atoms with Gasteiger partial charge < -0.3 is 5.32 Å². The first-order chi connectivity index (χ1) is 7.20. The van der Waals surface area contributed by atoms with Crippen LogP contribution in [0.15, 0.2) is 40.8 Å².